The summed E-state index contributed by atoms with van der Waals surface area (Å²) in [5.74, 6) is 1.20. The summed E-state index contributed by atoms with van der Waals surface area (Å²) >= 11 is 1.58. The van der Waals surface area contributed by atoms with Gasteiger partial charge in [-0.3, -0.25) is 4.79 Å². The Labute approximate surface area is 175 Å². The summed E-state index contributed by atoms with van der Waals surface area (Å²) in [6.07, 6.45) is 4.20. The van der Waals surface area contributed by atoms with Crippen LogP contribution in [0.2, 0.25) is 0 Å². The summed E-state index contributed by atoms with van der Waals surface area (Å²) < 4.78 is 5.82. The summed E-state index contributed by atoms with van der Waals surface area (Å²) in [4.78, 5) is 14.9. The molecule has 29 heavy (non-hydrogen) atoms. The summed E-state index contributed by atoms with van der Waals surface area (Å²) in [5.41, 5.74) is 2.62. The van der Waals surface area contributed by atoms with Crippen LogP contribution < -0.4 is 10.2 Å². The van der Waals surface area contributed by atoms with Crippen molar-refractivity contribution in [3.8, 4) is 10.8 Å². The first-order chi connectivity index (χ1) is 14.2. The number of carbonyl (C=O) groups excluding carboxylic acids is 1. The Morgan fingerprint density at radius 2 is 2.17 bits per heavy atom. The number of amides is 1. The summed E-state index contributed by atoms with van der Waals surface area (Å²) in [5, 5.41) is 13.6. The highest BCUT2D eigenvalue weighted by molar-refractivity contribution is 7.13. The molecule has 0 aliphatic heterocycles. The fourth-order valence-corrected chi connectivity index (χ4v) is 4.65. The molecule has 0 spiro atoms. The fraction of sp³-hybridized carbons (Fsp3) is 0.409. The van der Waals surface area contributed by atoms with Gasteiger partial charge in [0.2, 0.25) is 0 Å². The van der Waals surface area contributed by atoms with E-state index in [1.54, 1.807) is 11.3 Å². The lowest BCUT2D eigenvalue weighted by Crippen LogP contribution is -3.12. The normalized spacial score (nSPS) is 16.9. The maximum Gasteiger partial charge on any atom is 0.275 e. The molecule has 0 fully saturated rings. The van der Waals surface area contributed by atoms with Crippen molar-refractivity contribution >= 4 is 17.2 Å². The lowest BCUT2D eigenvalue weighted by atomic mass is 9.88. The van der Waals surface area contributed by atoms with Gasteiger partial charge in [-0.25, -0.2) is 0 Å². The quantitative estimate of drug-likeness (QED) is 0.598. The number of carbonyl (C=O) groups is 1. The number of thiophene rings is 1. The van der Waals surface area contributed by atoms with Gasteiger partial charge in [-0.05, 0) is 48.3 Å². The third-order valence-electron chi connectivity index (χ3n) is 5.32. The second-order valence-electron chi connectivity index (χ2n) is 7.54. The second kappa shape index (κ2) is 9.33. The van der Waals surface area contributed by atoms with Crippen molar-refractivity contribution in [2.45, 2.75) is 45.2 Å². The standard InChI is InChI=1S/C22H26N4O2S/c1-2-12-26(15-21-24-25-22(28-21)19-11-6-13-29-19)14-20(27)23-18-10-5-8-16-7-3-4-9-17(16)18/h3-4,6-7,9,11,13,18H,2,5,8,10,12,14-15H2,1H3,(H,23,27)/p+1/t18-/m1/s1. The first kappa shape index (κ1) is 19.8. The minimum atomic E-state index is 0.0770. The molecule has 1 aromatic carbocycles. The predicted octanol–water partition coefficient (Wildman–Crippen LogP) is 2.79. The minimum Gasteiger partial charge on any atom is -0.414 e. The molecular formula is C22H27N4O2S+. The van der Waals surface area contributed by atoms with Crippen LogP contribution in [0, 0.1) is 0 Å². The lowest BCUT2D eigenvalue weighted by molar-refractivity contribution is -0.907. The van der Waals surface area contributed by atoms with Gasteiger partial charge in [-0.15, -0.1) is 21.5 Å². The molecule has 0 saturated heterocycles. The van der Waals surface area contributed by atoms with Crippen molar-refractivity contribution in [3.63, 3.8) is 0 Å². The van der Waals surface area contributed by atoms with Crippen molar-refractivity contribution in [2.24, 2.45) is 0 Å². The molecule has 2 atom stereocenters. The number of aromatic nitrogens is 2. The largest absolute Gasteiger partial charge is 0.414 e. The van der Waals surface area contributed by atoms with E-state index in [1.807, 2.05) is 17.5 Å². The van der Waals surface area contributed by atoms with Crippen LogP contribution in [-0.4, -0.2) is 29.2 Å². The van der Waals surface area contributed by atoms with E-state index in [1.165, 1.54) is 11.1 Å². The number of nitrogens with zero attached hydrogens (tertiary/aromatic N) is 2. The highest BCUT2D eigenvalue weighted by Gasteiger charge is 2.24. The molecule has 0 bridgehead atoms. The number of hydrogen-bond acceptors (Lipinski definition) is 5. The summed E-state index contributed by atoms with van der Waals surface area (Å²) in [7, 11) is 0. The number of nitrogens with one attached hydrogen (secondary N) is 2. The molecule has 0 radical (unpaired) electrons. The minimum absolute atomic E-state index is 0.0770. The molecular weight excluding hydrogens is 384 g/mol. The van der Waals surface area contributed by atoms with Crippen LogP contribution in [0.5, 0.6) is 0 Å². The van der Waals surface area contributed by atoms with E-state index in [0.717, 1.165) is 42.0 Å². The molecule has 3 aromatic rings. The predicted molar refractivity (Wildman–Crippen MR) is 113 cm³/mol. The van der Waals surface area contributed by atoms with E-state index in [2.05, 4.69) is 46.7 Å². The summed E-state index contributed by atoms with van der Waals surface area (Å²) in [6.45, 7) is 3.97. The SMILES string of the molecule is CCC[NH+](CC(=O)N[C@@H]1CCCc2ccccc21)Cc1nnc(-c2cccs2)o1. The topological polar surface area (TPSA) is 72.5 Å². The Balaban J connectivity index is 1.38. The zero-order valence-corrected chi connectivity index (χ0v) is 17.5. The van der Waals surface area contributed by atoms with Gasteiger partial charge in [0.25, 0.3) is 17.7 Å². The van der Waals surface area contributed by atoms with E-state index in [4.69, 9.17) is 4.42 Å². The van der Waals surface area contributed by atoms with Crippen LogP contribution in [0.4, 0.5) is 0 Å². The summed E-state index contributed by atoms with van der Waals surface area (Å²) in [6, 6.07) is 12.5. The Morgan fingerprint density at radius 1 is 1.28 bits per heavy atom. The van der Waals surface area contributed by atoms with E-state index in [-0.39, 0.29) is 11.9 Å². The van der Waals surface area contributed by atoms with Crippen LogP contribution in [0.1, 0.15) is 49.2 Å². The molecule has 1 aliphatic carbocycles. The molecule has 1 aliphatic rings. The Hall–Kier alpha value is -2.51. The molecule has 0 saturated carbocycles. The molecule has 4 rings (SSSR count). The maximum atomic E-state index is 12.8. The number of aryl methyl sites for hydroxylation is 1. The highest BCUT2D eigenvalue weighted by Crippen LogP contribution is 2.29. The third kappa shape index (κ3) is 4.92. The molecule has 2 N–H and O–H groups in total. The van der Waals surface area contributed by atoms with Crippen molar-refractivity contribution in [3.05, 3.63) is 58.8 Å². The molecule has 2 aromatic heterocycles. The van der Waals surface area contributed by atoms with Crippen LogP contribution in [0.15, 0.2) is 46.2 Å². The molecule has 7 heteroatoms. The van der Waals surface area contributed by atoms with Crippen LogP contribution in [0.25, 0.3) is 10.8 Å². The monoisotopic (exact) mass is 411 g/mol. The number of hydrogen-bond donors (Lipinski definition) is 2. The van der Waals surface area contributed by atoms with Gasteiger partial charge < -0.3 is 14.6 Å². The van der Waals surface area contributed by atoms with Crippen LogP contribution in [-0.2, 0) is 17.8 Å². The van der Waals surface area contributed by atoms with Crippen LogP contribution >= 0.6 is 11.3 Å². The first-order valence-corrected chi connectivity index (χ1v) is 11.2. The Morgan fingerprint density at radius 3 is 3.00 bits per heavy atom. The average molecular weight is 412 g/mol. The smallest absolute Gasteiger partial charge is 0.275 e. The van der Waals surface area contributed by atoms with Gasteiger partial charge >= 0.3 is 0 Å². The van der Waals surface area contributed by atoms with Gasteiger partial charge in [0.15, 0.2) is 13.1 Å². The third-order valence-corrected chi connectivity index (χ3v) is 6.18. The Bertz CT molecular complexity index is 938. The second-order valence-corrected chi connectivity index (χ2v) is 8.49. The van der Waals surface area contributed by atoms with Gasteiger partial charge in [0, 0.05) is 0 Å². The zero-order chi connectivity index (χ0) is 20.1. The van der Waals surface area contributed by atoms with E-state index in [9.17, 15) is 4.79 Å². The molecule has 2 heterocycles. The molecule has 152 valence electrons. The molecule has 6 nitrogen and oxygen atoms in total. The van der Waals surface area contributed by atoms with Crippen molar-refractivity contribution < 1.29 is 14.1 Å². The van der Waals surface area contributed by atoms with Gasteiger partial charge in [-0.2, -0.15) is 0 Å². The van der Waals surface area contributed by atoms with Gasteiger partial charge in [0.1, 0.15) is 0 Å². The molecule has 1 amide bonds. The number of fused-ring (bicyclic) bond motifs is 1. The van der Waals surface area contributed by atoms with E-state index < -0.39 is 0 Å². The number of quaternary nitrogens is 1. The lowest BCUT2D eigenvalue weighted by Gasteiger charge is -2.27. The molecule has 1 unspecified atom stereocenters. The first-order valence-electron chi connectivity index (χ1n) is 10.3. The Kier molecular flexibility index (Phi) is 6.36. The highest BCUT2D eigenvalue weighted by atomic mass is 32.1. The van der Waals surface area contributed by atoms with Crippen molar-refractivity contribution in [1.82, 2.24) is 15.5 Å². The van der Waals surface area contributed by atoms with Gasteiger partial charge in [-0.1, -0.05) is 37.3 Å². The van der Waals surface area contributed by atoms with Gasteiger partial charge in [0.05, 0.1) is 17.5 Å². The van der Waals surface area contributed by atoms with Crippen LogP contribution in [0.3, 0.4) is 0 Å². The number of benzene rings is 1. The zero-order valence-electron chi connectivity index (χ0n) is 16.7. The van der Waals surface area contributed by atoms with E-state index in [0.29, 0.717) is 24.9 Å². The van der Waals surface area contributed by atoms with Crippen molar-refractivity contribution in [1.29, 1.82) is 0 Å². The van der Waals surface area contributed by atoms with E-state index >= 15 is 0 Å². The average Bonchev–Trinajstić information content (AvgIpc) is 3.40. The fourth-order valence-electron chi connectivity index (χ4n) is 4.01. The maximum absolute atomic E-state index is 12.8. The van der Waals surface area contributed by atoms with Crippen molar-refractivity contribution in [2.75, 3.05) is 13.1 Å². The number of rotatable bonds is 8.